The zero-order valence-electron chi connectivity index (χ0n) is 15.5. The van der Waals surface area contributed by atoms with Crippen molar-refractivity contribution in [2.75, 3.05) is 5.32 Å². The number of Topliss-reactive ketones (excluding diaryl/α,β-unsaturated/α-hetero) is 1. The summed E-state index contributed by atoms with van der Waals surface area (Å²) in [4.78, 5) is 41.9. The molecule has 0 saturated heterocycles. The molecule has 0 fully saturated rings. The van der Waals surface area contributed by atoms with E-state index < -0.39 is 5.91 Å². The monoisotopic (exact) mass is 404 g/mol. The van der Waals surface area contributed by atoms with Crippen molar-refractivity contribution in [3.05, 3.63) is 76.0 Å². The van der Waals surface area contributed by atoms with Crippen LogP contribution >= 0.6 is 11.3 Å². The zero-order chi connectivity index (χ0) is 20.4. The van der Waals surface area contributed by atoms with Gasteiger partial charge in [-0.3, -0.25) is 14.4 Å². The third-order valence-electron chi connectivity index (χ3n) is 4.30. The van der Waals surface area contributed by atoms with Gasteiger partial charge in [-0.25, -0.2) is 9.67 Å². The highest BCUT2D eigenvalue weighted by atomic mass is 32.1. The normalized spacial score (nSPS) is 10.8. The Morgan fingerprint density at radius 2 is 1.79 bits per heavy atom. The van der Waals surface area contributed by atoms with E-state index in [-0.39, 0.29) is 17.9 Å². The summed E-state index contributed by atoms with van der Waals surface area (Å²) in [6.07, 6.45) is 1.55. The number of anilines is 1. The lowest BCUT2D eigenvalue weighted by Crippen LogP contribution is -2.29. The first-order valence-electron chi connectivity index (χ1n) is 8.85. The number of hydrogen-bond donors (Lipinski definition) is 1. The van der Waals surface area contributed by atoms with Crippen LogP contribution in [0.15, 0.2) is 65.6 Å². The average molecular weight is 404 g/mol. The van der Waals surface area contributed by atoms with Crippen LogP contribution in [0.25, 0.3) is 22.0 Å². The zero-order valence-corrected chi connectivity index (χ0v) is 16.3. The van der Waals surface area contributed by atoms with Crippen molar-refractivity contribution < 1.29 is 9.59 Å². The van der Waals surface area contributed by atoms with Gasteiger partial charge in [0.2, 0.25) is 5.91 Å². The number of amides is 1. The maximum atomic E-state index is 12.5. The molecule has 0 aliphatic carbocycles. The van der Waals surface area contributed by atoms with E-state index in [1.165, 1.54) is 6.92 Å². The number of ketones is 1. The largest absolute Gasteiger partial charge is 0.300 e. The predicted molar refractivity (Wildman–Crippen MR) is 112 cm³/mol. The number of hydrogen-bond acceptors (Lipinski definition) is 6. The molecule has 0 unspecified atom stereocenters. The Bertz CT molecular complexity index is 1280. The fourth-order valence-corrected chi connectivity index (χ4v) is 3.84. The molecule has 144 valence electrons. The number of benzene rings is 2. The van der Waals surface area contributed by atoms with Crippen LogP contribution in [-0.4, -0.2) is 26.5 Å². The molecule has 0 saturated carbocycles. The lowest BCUT2D eigenvalue weighted by Gasteiger charge is -2.05. The maximum absolute atomic E-state index is 12.5. The van der Waals surface area contributed by atoms with Crippen LogP contribution in [0.2, 0.25) is 0 Å². The van der Waals surface area contributed by atoms with Crippen LogP contribution < -0.4 is 10.9 Å². The number of carbonyl (C=O) groups is 2. The van der Waals surface area contributed by atoms with E-state index in [9.17, 15) is 14.4 Å². The van der Waals surface area contributed by atoms with Crippen LogP contribution in [0.3, 0.4) is 0 Å². The van der Waals surface area contributed by atoms with E-state index in [2.05, 4.69) is 15.4 Å². The van der Waals surface area contributed by atoms with E-state index in [4.69, 9.17) is 0 Å². The second kappa shape index (κ2) is 7.76. The summed E-state index contributed by atoms with van der Waals surface area (Å²) in [7, 11) is 0. The quantitative estimate of drug-likeness (QED) is 0.515. The summed E-state index contributed by atoms with van der Waals surface area (Å²) < 4.78 is 1.11. The molecule has 0 spiro atoms. The molecule has 1 amide bonds. The van der Waals surface area contributed by atoms with Crippen LogP contribution in [-0.2, 0) is 11.3 Å². The Balaban J connectivity index is 1.59. The SMILES string of the molecule is CC(=O)c1sc(NC(=O)Cn2ncc3ccccc3c2=O)nc1-c1ccccc1. The van der Waals surface area contributed by atoms with Crippen LogP contribution in [0.1, 0.15) is 16.6 Å². The number of nitrogens with zero attached hydrogens (tertiary/aromatic N) is 3. The first-order chi connectivity index (χ1) is 14.0. The average Bonchev–Trinajstić information content (AvgIpc) is 3.15. The van der Waals surface area contributed by atoms with Crippen LogP contribution in [0, 0.1) is 0 Å². The fraction of sp³-hybridized carbons (Fsp3) is 0.0952. The fourth-order valence-electron chi connectivity index (χ4n) is 2.94. The molecule has 2 aromatic carbocycles. The van der Waals surface area contributed by atoms with Gasteiger partial charge in [0.15, 0.2) is 10.9 Å². The smallest absolute Gasteiger partial charge is 0.275 e. The lowest BCUT2D eigenvalue weighted by molar-refractivity contribution is -0.117. The van der Waals surface area contributed by atoms with Gasteiger partial charge in [-0.05, 0) is 6.07 Å². The highest BCUT2D eigenvalue weighted by Crippen LogP contribution is 2.31. The van der Waals surface area contributed by atoms with E-state index >= 15 is 0 Å². The molecule has 1 N–H and O–H groups in total. The Kier molecular flexibility index (Phi) is 5.01. The minimum atomic E-state index is -0.446. The summed E-state index contributed by atoms with van der Waals surface area (Å²) >= 11 is 1.11. The summed E-state index contributed by atoms with van der Waals surface area (Å²) in [6.45, 7) is 1.21. The number of carbonyl (C=O) groups excluding carboxylic acids is 2. The van der Waals surface area contributed by atoms with E-state index in [1.807, 2.05) is 36.4 Å². The third-order valence-corrected chi connectivity index (χ3v) is 5.37. The van der Waals surface area contributed by atoms with Crippen molar-refractivity contribution in [3.8, 4) is 11.3 Å². The van der Waals surface area contributed by atoms with Crippen molar-refractivity contribution in [1.29, 1.82) is 0 Å². The van der Waals surface area contributed by atoms with Gasteiger partial charge in [0, 0.05) is 17.9 Å². The molecular weight excluding hydrogens is 388 g/mol. The Labute approximate surface area is 169 Å². The van der Waals surface area contributed by atoms with Crippen molar-refractivity contribution in [2.45, 2.75) is 13.5 Å². The second-order valence-electron chi connectivity index (χ2n) is 6.36. The number of fused-ring (bicyclic) bond motifs is 1. The minimum Gasteiger partial charge on any atom is -0.300 e. The number of rotatable bonds is 5. The number of thiazole rings is 1. The minimum absolute atomic E-state index is 0.130. The predicted octanol–water partition coefficient (Wildman–Crippen LogP) is 3.36. The molecule has 0 aliphatic rings. The molecule has 8 heteroatoms. The van der Waals surface area contributed by atoms with Crippen molar-refractivity contribution in [3.63, 3.8) is 0 Å². The van der Waals surface area contributed by atoms with Gasteiger partial charge < -0.3 is 5.32 Å². The molecule has 7 nitrogen and oxygen atoms in total. The van der Waals surface area contributed by atoms with Crippen LogP contribution in [0.5, 0.6) is 0 Å². The summed E-state index contributed by atoms with van der Waals surface area (Å²) in [5, 5.41) is 8.24. The van der Waals surface area contributed by atoms with Gasteiger partial charge in [-0.2, -0.15) is 5.10 Å². The summed E-state index contributed by atoms with van der Waals surface area (Å²) in [5.41, 5.74) is 0.980. The standard InChI is InChI=1S/C21H16N4O3S/c1-13(26)19-18(14-7-3-2-4-8-14)24-21(29-19)23-17(27)12-25-20(28)16-10-6-5-9-15(16)11-22-25/h2-11H,12H2,1H3,(H,23,24,27). The van der Waals surface area contributed by atoms with Crippen LogP contribution in [0.4, 0.5) is 5.13 Å². The molecule has 4 aromatic rings. The lowest BCUT2D eigenvalue weighted by atomic mass is 10.1. The van der Waals surface area contributed by atoms with Crippen molar-refractivity contribution in [2.24, 2.45) is 0 Å². The molecule has 0 atom stereocenters. The van der Waals surface area contributed by atoms with E-state index in [1.54, 1.807) is 24.4 Å². The van der Waals surface area contributed by atoms with Gasteiger partial charge in [0.05, 0.1) is 22.2 Å². The second-order valence-corrected chi connectivity index (χ2v) is 7.36. The topological polar surface area (TPSA) is 94.0 Å². The molecule has 0 aliphatic heterocycles. The molecule has 2 aromatic heterocycles. The van der Waals surface area contributed by atoms with E-state index in [0.717, 1.165) is 21.6 Å². The molecule has 2 heterocycles. The van der Waals surface area contributed by atoms with Crippen molar-refractivity contribution >= 4 is 38.9 Å². The number of nitrogens with one attached hydrogen (secondary N) is 1. The van der Waals surface area contributed by atoms with Crippen molar-refractivity contribution in [1.82, 2.24) is 14.8 Å². The van der Waals surface area contributed by atoms with E-state index in [0.29, 0.717) is 26.5 Å². The summed E-state index contributed by atoms with van der Waals surface area (Å²) in [6, 6.07) is 16.4. The van der Waals surface area contributed by atoms with Gasteiger partial charge in [0.1, 0.15) is 6.54 Å². The highest BCUT2D eigenvalue weighted by Gasteiger charge is 2.18. The van der Waals surface area contributed by atoms with Gasteiger partial charge in [-0.1, -0.05) is 59.9 Å². The molecule has 0 bridgehead atoms. The Hall–Kier alpha value is -3.65. The van der Waals surface area contributed by atoms with Gasteiger partial charge >= 0.3 is 0 Å². The maximum Gasteiger partial charge on any atom is 0.275 e. The molecule has 29 heavy (non-hydrogen) atoms. The highest BCUT2D eigenvalue weighted by molar-refractivity contribution is 7.18. The third kappa shape index (κ3) is 3.83. The van der Waals surface area contributed by atoms with Gasteiger partial charge in [0.25, 0.3) is 5.56 Å². The van der Waals surface area contributed by atoms with Gasteiger partial charge in [-0.15, -0.1) is 0 Å². The number of aromatic nitrogens is 3. The first-order valence-corrected chi connectivity index (χ1v) is 9.66. The Morgan fingerprint density at radius 1 is 1.07 bits per heavy atom. The Morgan fingerprint density at radius 3 is 2.55 bits per heavy atom. The molecular formula is C21H16N4O3S. The molecule has 4 rings (SSSR count). The molecule has 0 radical (unpaired) electrons. The summed E-state index contributed by atoms with van der Waals surface area (Å²) in [5.74, 6) is -0.576. The first kappa shape index (κ1) is 18.7.